The first-order valence-electron chi connectivity index (χ1n) is 12.5. The number of carbonyl (C=O) groups is 2. The minimum atomic E-state index is -4.40. The van der Waals surface area contributed by atoms with Gasteiger partial charge in [-0.25, -0.2) is 13.9 Å². The van der Waals surface area contributed by atoms with Gasteiger partial charge in [0.25, 0.3) is 5.56 Å². The van der Waals surface area contributed by atoms with E-state index in [1.807, 2.05) is 0 Å². The molecule has 4 heterocycles. The molecule has 16 nitrogen and oxygen atoms in total. The number of phosphoric acid groups is 1. The van der Waals surface area contributed by atoms with Gasteiger partial charge in [0.05, 0.1) is 32.1 Å². The van der Waals surface area contributed by atoms with Crippen LogP contribution < -0.4 is 16.6 Å². The quantitative estimate of drug-likeness (QED) is 0.167. The lowest BCUT2D eigenvalue weighted by molar-refractivity contribution is -0.147. The lowest BCUT2D eigenvalue weighted by Gasteiger charge is -2.39. The van der Waals surface area contributed by atoms with Crippen LogP contribution in [0.15, 0.2) is 11.1 Å². The fraction of sp³-hybridized carbons (Fsp3) is 0.682. The predicted molar refractivity (Wildman–Crippen MR) is 142 cm³/mol. The molecule has 2 aliphatic rings. The van der Waals surface area contributed by atoms with Crippen molar-refractivity contribution in [2.75, 3.05) is 25.5 Å². The van der Waals surface area contributed by atoms with Gasteiger partial charge in [0.15, 0.2) is 23.5 Å². The van der Waals surface area contributed by atoms with Crippen molar-refractivity contribution in [3.05, 3.63) is 16.7 Å². The third-order valence-corrected chi connectivity index (χ3v) is 8.49. The Hall–Kier alpha value is -2.47. The number of aromatic amines is 1. The van der Waals surface area contributed by atoms with E-state index in [9.17, 15) is 24.1 Å². The van der Waals surface area contributed by atoms with E-state index in [2.05, 4.69) is 36.2 Å². The van der Waals surface area contributed by atoms with Crippen molar-refractivity contribution in [3.63, 3.8) is 0 Å². The average molecular weight is 669 g/mol. The normalized spacial score (nSPS) is 31.4. The number of nitrogens with one attached hydrogen (secondary N) is 2. The fourth-order valence-electron chi connectivity index (χ4n) is 4.18. The predicted octanol–water partition coefficient (Wildman–Crippen LogP) is 1.05. The molecule has 2 aromatic heterocycles. The molecule has 0 aromatic carbocycles. The summed E-state index contributed by atoms with van der Waals surface area (Å²) < 4.78 is 54.2. The van der Waals surface area contributed by atoms with Gasteiger partial charge < -0.3 is 25.6 Å². The van der Waals surface area contributed by atoms with E-state index < -0.39 is 66.4 Å². The Bertz CT molecular complexity index is 1420. The zero-order chi connectivity index (χ0) is 30.3. The number of fused-ring (bicyclic) bond motifs is 1. The van der Waals surface area contributed by atoms with Crippen molar-refractivity contribution in [1.29, 1.82) is 0 Å². The largest absolute Gasteiger partial charge is 0.475 e. The standard InChI is InChI=1S/C22H31BrFN6O10P/c1-10(2)38-12(31)5-6-26-18(34)15-21(3,4)8-37-41(35,40-15)36-7-11-14(32)22(23,24)19(39-11)30-9-27-13-16(30)28-20(25)29-17(13)33/h9-11,14-15,19,32H,5-8H2,1-4H3,(H,26,34)(H3,25,28,29,33)/t11-,14?,15+,19-,22-,41?/m1/s1. The highest BCUT2D eigenvalue weighted by atomic mass is 79.9. The van der Waals surface area contributed by atoms with Gasteiger partial charge >= 0.3 is 13.8 Å². The first-order valence-corrected chi connectivity index (χ1v) is 14.8. The van der Waals surface area contributed by atoms with Crippen molar-refractivity contribution in [2.24, 2.45) is 5.41 Å². The molecule has 2 fully saturated rings. The van der Waals surface area contributed by atoms with Crippen LogP contribution in [0.4, 0.5) is 10.3 Å². The summed E-state index contributed by atoms with van der Waals surface area (Å²) in [5.74, 6) is -1.41. The molecule has 1 amide bonds. The Balaban J connectivity index is 1.42. The minimum Gasteiger partial charge on any atom is -0.463 e. The number of amides is 1. The number of hydrogen-bond acceptors (Lipinski definition) is 13. The maximum Gasteiger partial charge on any atom is 0.475 e. The third-order valence-electron chi connectivity index (χ3n) is 6.25. The number of aliphatic hydroxyl groups is 1. The number of H-pyrrole nitrogens is 1. The SMILES string of the molecule is CC(C)OC(=O)CCNC(=O)[C@@H]1OP(=O)(OC[C@H]2O[C@@H](n3cnc4c(=O)[nH]c(N)nc43)[C@@](F)(Br)C2O)OCC1(C)C. The summed E-state index contributed by atoms with van der Waals surface area (Å²) in [5, 5.41) is 13.2. The van der Waals surface area contributed by atoms with Crippen LogP contribution in [0.2, 0.25) is 0 Å². The summed E-state index contributed by atoms with van der Waals surface area (Å²) in [6.07, 6.45) is -5.49. The summed E-state index contributed by atoms with van der Waals surface area (Å²) in [4.78, 5) is 46.8. The molecule has 41 heavy (non-hydrogen) atoms. The molecule has 0 spiro atoms. The Morgan fingerprint density at radius 1 is 1.44 bits per heavy atom. The first-order chi connectivity index (χ1) is 19.0. The number of aromatic nitrogens is 4. The van der Waals surface area contributed by atoms with Gasteiger partial charge in [-0.2, -0.15) is 4.98 Å². The number of ether oxygens (including phenoxy) is 2. The fourth-order valence-corrected chi connectivity index (χ4v) is 6.46. The van der Waals surface area contributed by atoms with Gasteiger partial charge in [-0.3, -0.25) is 37.5 Å². The second-order valence-electron chi connectivity index (χ2n) is 10.5. The molecule has 4 rings (SSSR count). The molecule has 19 heteroatoms. The van der Waals surface area contributed by atoms with Crippen LogP contribution in [0, 0.1) is 5.41 Å². The van der Waals surface area contributed by atoms with Crippen molar-refractivity contribution in [2.45, 2.75) is 69.3 Å². The van der Waals surface area contributed by atoms with E-state index in [0.717, 1.165) is 10.9 Å². The maximum atomic E-state index is 15.7. The molecule has 2 saturated heterocycles. The number of carbonyl (C=O) groups excluding carboxylic acids is 2. The van der Waals surface area contributed by atoms with Crippen LogP contribution in [-0.4, -0.2) is 85.3 Å². The number of phosphoric ester groups is 1. The van der Waals surface area contributed by atoms with Crippen LogP contribution in [0.25, 0.3) is 11.2 Å². The van der Waals surface area contributed by atoms with Crippen LogP contribution in [0.5, 0.6) is 0 Å². The molecule has 5 N–H and O–H groups in total. The summed E-state index contributed by atoms with van der Waals surface area (Å²) >= 11 is 2.82. The number of nitrogens with two attached hydrogens (primary N) is 1. The molecule has 228 valence electrons. The first kappa shape index (κ1) is 31.5. The van der Waals surface area contributed by atoms with Crippen LogP contribution in [-0.2, 0) is 37.2 Å². The Morgan fingerprint density at radius 2 is 2.15 bits per heavy atom. The zero-order valence-electron chi connectivity index (χ0n) is 22.5. The van der Waals surface area contributed by atoms with E-state index in [1.165, 1.54) is 0 Å². The number of aliphatic hydroxyl groups excluding tert-OH is 1. The van der Waals surface area contributed by atoms with E-state index in [1.54, 1.807) is 27.7 Å². The minimum absolute atomic E-state index is 0.0466. The van der Waals surface area contributed by atoms with Crippen molar-refractivity contribution in [3.8, 4) is 0 Å². The third kappa shape index (κ3) is 6.63. The summed E-state index contributed by atoms with van der Waals surface area (Å²) in [7, 11) is -4.40. The van der Waals surface area contributed by atoms with Crippen molar-refractivity contribution >= 4 is 52.7 Å². The van der Waals surface area contributed by atoms with Gasteiger partial charge in [-0.1, -0.05) is 13.8 Å². The molecule has 2 aliphatic heterocycles. The Kier molecular flexibility index (Phi) is 8.95. The molecule has 6 atom stereocenters. The van der Waals surface area contributed by atoms with Crippen LogP contribution in [0.3, 0.4) is 0 Å². The van der Waals surface area contributed by atoms with Crippen molar-refractivity contribution < 1.29 is 46.7 Å². The molecule has 2 unspecified atom stereocenters. The van der Waals surface area contributed by atoms with Gasteiger partial charge in [0.1, 0.15) is 12.2 Å². The Labute approximate surface area is 241 Å². The second-order valence-corrected chi connectivity index (χ2v) is 13.3. The summed E-state index contributed by atoms with van der Waals surface area (Å²) in [6.45, 7) is 5.76. The molecule has 0 aliphatic carbocycles. The number of alkyl halides is 2. The Morgan fingerprint density at radius 3 is 2.83 bits per heavy atom. The highest BCUT2D eigenvalue weighted by Crippen LogP contribution is 2.58. The lowest BCUT2D eigenvalue weighted by atomic mass is 9.87. The summed E-state index contributed by atoms with van der Waals surface area (Å²) in [5.41, 5.74) is 3.75. The van der Waals surface area contributed by atoms with Crippen LogP contribution >= 0.6 is 23.8 Å². The highest BCUT2D eigenvalue weighted by molar-refractivity contribution is 9.10. The van der Waals surface area contributed by atoms with Crippen LogP contribution in [0.1, 0.15) is 40.3 Å². The summed E-state index contributed by atoms with van der Waals surface area (Å²) in [6, 6.07) is 0. The molecular weight excluding hydrogens is 638 g/mol. The van der Waals surface area contributed by atoms with E-state index in [-0.39, 0.29) is 42.8 Å². The molecule has 0 saturated carbocycles. The number of rotatable bonds is 9. The zero-order valence-corrected chi connectivity index (χ0v) is 25.0. The number of nitrogen functional groups attached to an aromatic ring is 1. The number of anilines is 1. The monoisotopic (exact) mass is 668 g/mol. The number of imidazole rings is 1. The lowest BCUT2D eigenvalue weighted by Crippen LogP contribution is -2.50. The molecule has 0 radical (unpaired) electrons. The van der Waals surface area contributed by atoms with Gasteiger partial charge in [0, 0.05) is 12.0 Å². The average Bonchev–Trinajstić information content (AvgIpc) is 3.37. The molecule has 2 aromatic rings. The van der Waals surface area contributed by atoms with Crippen molar-refractivity contribution in [1.82, 2.24) is 24.8 Å². The van der Waals surface area contributed by atoms with E-state index in [0.29, 0.717) is 0 Å². The highest BCUT2D eigenvalue weighted by Gasteiger charge is 2.58. The molecular formula is C22H31BrFN6O10P. The number of hydrogen-bond donors (Lipinski definition) is 4. The number of halogens is 2. The van der Waals surface area contributed by atoms with Gasteiger partial charge in [-0.05, 0) is 29.8 Å². The second kappa shape index (κ2) is 11.7. The van der Waals surface area contributed by atoms with Gasteiger partial charge in [0.2, 0.25) is 16.4 Å². The van der Waals surface area contributed by atoms with E-state index >= 15 is 4.39 Å². The smallest absolute Gasteiger partial charge is 0.463 e. The molecule has 0 bridgehead atoms. The topological polar surface area (TPSA) is 219 Å². The number of nitrogens with zero attached hydrogens (tertiary/aromatic N) is 3. The maximum absolute atomic E-state index is 15.7. The van der Waals surface area contributed by atoms with E-state index in [4.69, 9.17) is 28.8 Å². The van der Waals surface area contributed by atoms with Gasteiger partial charge in [-0.15, -0.1) is 0 Å². The number of esters is 1.